The third-order valence-electron chi connectivity index (χ3n) is 6.53. The number of hydrogen-bond acceptors (Lipinski definition) is 5. The second-order valence-corrected chi connectivity index (χ2v) is 9.90. The number of nitriles is 1. The maximum Gasteiger partial charge on any atom is 0.227 e. The summed E-state index contributed by atoms with van der Waals surface area (Å²) in [6.45, 7) is 0.743. The lowest BCUT2D eigenvalue weighted by Gasteiger charge is -2.29. The molecule has 1 aliphatic rings. The molecule has 2 heterocycles. The minimum atomic E-state index is 0.104. The number of rotatable bonds is 7. The van der Waals surface area contributed by atoms with Crippen LogP contribution in [0.4, 0.5) is 5.69 Å². The molecular formula is C31H27N3O2S. The first-order chi connectivity index (χ1) is 18.2. The van der Waals surface area contributed by atoms with E-state index >= 15 is 0 Å². The largest absolute Gasteiger partial charge is 0.497 e. The highest BCUT2D eigenvalue weighted by atomic mass is 32.2. The van der Waals surface area contributed by atoms with Crippen molar-refractivity contribution in [1.82, 2.24) is 4.98 Å². The molecule has 0 fully saturated rings. The van der Waals surface area contributed by atoms with Gasteiger partial charge in [0.25, 0.3) is 0 Å². The van der Waals surface area contributed by atoms with Crippen LogP contribution in [0.15, 0.2) is 90.0 Å². The minimum Gasteiger partial charge on any atom is -0.497 e. The lowest BCUT2D eigenvalue weighted by molar-refractivity contribution is -0.118. The molecule has 6 heteroatoms. The summed E-state index contributed by atoms with van der Waals surface area (Å²) < 4.78 is 5.31. The zero-order valence-corrected chi connectivity index (χ0v) is 21.5. The predicted molar refractivity (Wildman–Crippen MR) is 149 cm³/mol. The molecule has 5 nitrogen and oxygen atoms in total. The third-order valence-corrected chi connectivity index (χ3v) is 7.51. The van der Waals surface area contributed by atoms with E-state index in [4.69, 9.17) is 9.72 Å². The molecule has 1 amide bonds. The van der Waals surface area contributed by atoms with Gasteiger partial charge in [-0.25, -0.2) is 4.98 Å². The topological polar surface area (TPSA) is 66.2 Å². The van der Waals surface area contributed by atoms with Crippen molar-refractivity contribution in [2.24, 2.45) is 0 Å². The zero-order chi connectivity index (χ0) is 25.6. The normalized spacial score (nSPS) is 12.5. The van der Waals surface area contributed by atoms with Gasteiger partial charge in [-0.3, -0.25) is 4.79 Å². The van der Waals surface area contributed by atoms with Crippen LogP contribution < -0.4 is 9.64 Å². The molecule has 0 bridgehead atoms. The molecule has 37 heavy (non-hydrogen) atoms. The molecular weight excluding hydrogens is 478 g/mol. The number of benzene rings is 3. The van der Waals surface area contributed by atoms with Gasteiger partial charge >= 0.3 is 0 Å². The number of thioether (sulfide) groups is 1. The number of methoxy groups -OCH3 is 1. The highest BCUT2D eigenvalue weighted by Crippen LogP contribution is 2.35. The van der Waals surface area contributed by atoms with Crippen molar-refractivity contribution in [3.05, 3.63) is 96.1 Å². The fourth-order valence-electron chi connectivity index (χ4n) is 4.65. The molecule has 0 atom stereocenters. The molecule has 0 unspecified atom stereocenters. The van der Waals surface area contributed by atoms with Crippen molar-refractivity contribution in [2.75, 3.05) is 24.3 Å². The quantitative estimate of drug-likeness (QED) is 0.260. The number of amides is 1. The molecule has 5 rings (SSSR count). The monoisotopic (exact) mass is 505 g/mol. The van der Waals surface area contributed by atoms with Crippen LogP contribution >= 0.6 is 11.8 Å². The molecule has 0 radical (unpaired) electrons. The summed E-state index contributed by atoms with van der Waals surface area (Å²) in [6.07, 6.45) is 2.35. The Morgan fingerprint density at radius 3 is 2.54 bits per heavy atom. The fraction of sp³-hybridized carbons (Fsp3) is 0.194. The average Bonchev–Trinajstić information content (AvgIpc) is 2.97. The summed E-state index contributed by atoms with van der Waals surface area (Å²) in [5, 5.41) is 10.8. The lowest BCUT2D eigenvalue weighted by Crippen LogP contribution is -2.35. The Labute approximate surface area is 221 Å². The number of carbonyl (C=O) groups is 1. The third kappa shape index (κ3) is 5.37. The van der Waals surface area contributed by atoms with Crippen molar-refractivity contribution in [1.29, 1.82) is 5.26 Å². The van der Waals surface area contributed by atoms with Gasteiger partial charge in [0, 0.05) is 35.5 Å². The molecule has 0 saturated carbocycles. The van der Waals surface area contributed by atoms with Gasteiger partial charge in [0.15, 0.2) is 0 Å². The van der Waals surface area contributed by atoms with Crippen LogP contribution in [0.3, 0.4) is 0 Å². The first-order valence-corrected chi connectivity index (χ1v) is 13.3. The molecule has 1 aliphatic heterocycles. The number of ether oxygens (including phenoxy) is 1. The number of fused-ring (bicyclic) bond motifs is 1. The van der Waals surface area contributed by atoms with Gasteiger partial charge in [-0.05, 0) is 48.2 Å². The summed E-state index contributed by atoms with van der Waals surface area (Å²) in [5.41, 5.74) is 6.27. The van der Waals surface area contributed by atoms with Gasteiger partial charge in [-0.2, -0.15) is 5.26 Å². The first kappa shape index (κ1) is 24.6. The summed E-state index contributed by atoms with van der Waals surface area (Å²) in [4.78, 5) is 19.9. The Morgan fingerprint density at radius 1 is 1.03 bits per heavy atom. The molecule has 0 aliphatic carbocycles. The Bertz CT molecular complexity index is 1450. The average molecular weight is 506 g/mol. The van der Waals surface area contributed by atoms with Crippen LogP contribution in [-0.2, 0) is 11.2 Å². The van der Waals surface area contributed by atoms with Gasteiger partial charge in [0.2, 0.25) is 5.91 Å². The van der Waals surface area contributed by atoms with Crippen LogP contribution in [0.25, 0.3) is 22.4 Å². The number of para-hydroxylation sites is 1. The van der Waals surface area contributed by atoms with Gasteiger partial charge in [-0.15, -0.1) is 11.8 Å². The van der Waals surface area contributed by atoms with Gasteiger partial charge in [0.05, 0.1) is 18.4 Å². The van der Waals surface area contributed by atoms with Gasteiger partial charge < -0.3 is 9.64 Å². The molecule has 4 aromatic rings. The smallest absolute Gasteiger partial charge is 0.227 e. The van der Waals surface area contributed by atoms with E-state index in [-0.39, 0.29) is 5.91 Å². The van der Waals surface area contributed by atoms with E-state index in [1.54, 1.807) is 7.11 Å². The second kappa shape index (κ2) is 11.3. The number of aryl methyl sites for hydroxylation is 1. The number of aromatic nitrogens is 1. The molecule has 1 aromatic heterocycles. The Kier molecular flexibility index (Phi) is 7.53. The van der Waals surface area contributed by atoms with Crippen LogP contribution in [0.2, 0.25) is 0 Å². The van der Waals surface area contributed by atoms with Crippen molar-refractivity contribution in [2.45, 2.75) is 24.3 Å². The summed E-state index contributed by atoms with van der Waals surface area (Å²) in [5.74, 6) is 1.40. The van der Waals surface area contributed by atoms with E-state index in [1.165, 1.54) is 17.3 Å². The predicted octanol–water partition coefficient (Wildman–Crippen LogP) is 6.76. The maximum absolute atomic E-state index is 13.2. The van der Waals surface area contributed by atoms with Gasteiger partial charge in [-0.1, -0.05) is 60.7 Å². The first-order valence-electron chi connectivity index (χ1n) is 12.3. The molecule has 3 aromatic carbocycles. The van der Waals surface area contributed by atoms with E-state index in [1.807, 2.05) is 83.8 Å². The summed E-state index contributed by atoms with van der Waals surface area (Å²) in [6, 6.07) is 30.1. The van der Waals surface area contributed by atoms with Crippen molar-refractivity contribution >= 4 is 23.4 Å². The molecule has 0 spiro atoms. The zero-order valence-electron chi connectivity index (χ0n) is 20.7. The van der Waals surface area contributed by atoms with Crippen LogP contribution in [0.5, 0.6) is 5.75 Å². The molecule has 184 valence electrons. The van der Waals surface area contributed by atoms with Crippen LogP contribution in [0, 0.1) is 11.3 Å². The lowest BCUT2D eigenvalue weighted by atomic mass is 9.99. The molecule has 0 saturated heterocycles. The van der Waals surface area contributed by atoms with Crippen molar-refractivity contribution < 1.29 is 9.53 Å². The Hall–Kier alpha value is -4.08. The fourth-order valence-corrected chi connectivity index (χ4v) is 5.58. The number of nitrogens with zero attached hydrogens (tertiary/aromatic N) is 3. The van der Waals surface area contributed by atoms with E-state index in [0.717, 1.165) is 53.2 Å². The van der Waals surface area contributed by atoms with E-state index < -0.39 is 0 Å². The van der Waals surface area contributed by atoms with Gasteiger partial charge in [0.1, 0.15) is 16.8 Å². The Balaban J connectivity index is 1.43. The number of hydrogen-bond donors (Lipinski definition) is 0. The Morgan fingerprint density at radius 2 is 1.78 bits per heavy atom. The second-order valence-electron chi connectivity index (χ2n) is 8.82. The summed E-state index contributed by atoms with van der Waals surface area (Å²) in [7, 11) is 1.63. The van der Waals surface area contributed by atoms with E-state index in [2.05, 4.69) is 12.1 Å². The maximum atomic E-state index is 13.2. The van der Waals surface area contributed by atoms with Crippen molar-refractivity contribution in [3.63, 3.8) is 0 Å². The van der Waals surface area contributed by atoms with E-state index in [9.17, 15) is 10.1 Å². The number of carbonyl (C=O) groups excluding carboxylic acids is 1. The highest BCUT2D eigenvalue weighted by molar-refractivity contribution is 7.99. The van der Waals surface area contributed by atoms with Crippen molar-refractivity contribution in [3.8, 4) is 34.2 Å². The van der Waals surface area contributed by atoms with Crippen LogP contribution in [0.1, 0.15) is 24.0 Å². The molecule has 0 N–H and O–H groups in total. The standard InChI is InChI=1S/C31H27N3O2S/c1-36-25-15-13-22(14-16-25)26-20-28(23-8-3-2-4-9-23)33-31(27(26)21-32)37-19-17-30(35)34-18-7-11-24-10-5-6-12-29(24)34/h2-6,8-10,12-16,20H,7,11,17-19H2,1H3. The number of anilines is 1. The minimum absolute atomic E-state index is 0.104. The van der Waals surface area contributed by atoms with E-state index in [0.29, 0.717) is 22.8 Å². The summed E-state index contributed by atoms with van der Waals surface area (Å²) >= 11 is 1.46. The SMILES string of the molecule is COc1ccc(-c2cc(-c3ccccc3)nc(SCCC(=O)N3CCCc4ccccc43)c2C#N)cc1. The number of pyridine rings is 1. The highest BCUT2D eigenvalue weighted by Gasteiger charge is 2.22. The van der Waals surface area contributed by atoms with Crippen LogP contribution in [-0.4, -0.2) is 30.3 Å².